The minimum absolute atomic E-state index is 0.0387. The summed E-state index contributed by atoms with van der Waals surface area (Å²) >= 11 is 0. The molecule has 3 aromatic rings. The number of amides is 1. The van der Waals surface area contributed by atoms with Gasteiger partial charge in [-0.1, -0.05) is 30.3 Å². The molecule has 0 aliphatic rings. The maximum atomic E-state index is 12.1. The first-order valence-electron chi connectivity index (χ1n) is 8.10. The third kappa shape index (κ3) is 4.46. The molecule has 9 heteroatoms. The van der Waals surface area contributed by atoms with Gasteiger partial charge in [0.25, 0.3) is 5.91 Å². The highest BCUT2D eigenvalue weighted by Gasteiger charge is 2.10. The molecule has 0 bridgehead atoms. The van der Waals surface area contributed by atoms with Gasteiger partial charge in [-0.25, -0.2) is 5.43 Å². The molecule has 3 rings (SSSR count). The Morgan fingerprint density at radius 1 is 1.26 bits per heavy atom. The molecule has 9 nitrogen and oxygen atoms in total. The number of hydrogen-bond donors (Lipinski definition) is 2. The number of tetrazole rings is 1. The first-order chi connectivity index (χ1) is 13.1. The highest BCUT2D eigenvalue weighted by atomic mass is 16.5. The van der Waals surface area contributed by atoms with Crippen LogP contribution >= 0.6 is 0 Å². The SMILES string of the molecule is COc1ccc(O)c(/C(C)=N/NC(=O)Cn2nnc(-c3ccccc3)n2)c1. The molecule has 2 aromatic carbocycles. The van der Waals surface area contributed by atoms with Crippen molar-refractivity contribution in [2.45, 2.75) is 13.5 Å². The Morgan fingerprint density at radius 3 is 2.78 bits per heavy atom. The van der Waals surface area contributed by atoms with Crippen molar-refractivity contribution in [3.63, 3.8) is 0 Å². The van der Waals surface area contributed by atoms with Gasteiger partial charge >= 0.3 is 0 Å². The summed E-state index contributed by atoms with van der Waals surface area (Å²) in [4.78, 5) is 13.3. The second kappa shape index (κ2) is 8.09. The number of carbonyl (C=O) groups excluding carboxylic acids is 1. The number of phenolic OH excluding ortho intramolecular Hbond substituents is 1. The van der Waals surface area contributed by atoms with Crippen LogP contribution in [0.2, 0.25) is 0 Å². The second-order valence-electron chi connectivity index (χ2n) is 5.62. The van der Waals surface area contributed by atoms with Crippen LogP contribution in [0.15, 0.2) is 53.6 Å². The molecule has 1 amide bonds. The Bertz CT molecular complexity index is 968. The Kier molecular flexibility index (Phi) is 5.41. The van der Waals surface area contributed by atoms with Gasteiger partial charge in [0.15, 0.2) is 0 Å². The number of hydrogen-bond acceptors (Lipinski definition) is 7. The zero-order valence-corrected chi connectivity index (χ0v) is 14.8. The molecule has 0 saturated heterocycles. The number of aromatic nitrogens is 4. The lowest BCUT2D eigenvalue weighted by molar-refractivity contribution is -0.122. The van der Waals surface area contributed by atoms with E-state index >= 15 is 0 Å². The first kappa shape index (κ1) is 18.1. The van der Waals surface area contributed by atoms with Crippen molar-refractivity contribution in [3.05, 3.63) is 54.1 Å². The highest BCUT2D eigenvalue weighted by Crippen LogP contribution is 2.23. The normalized spacial score (nSPS) is 11.3. The summed E-state index contributed by atoms with van der Waals surface area (Å²) in [5, 5.41) is 25.9. The number of nitrogens with zero attached hydrogens (tertiary/aromatic N) is 5. The summed E-state index contributed by atoms with van der Waals surface area (Å²) in [6, 6.07) is 14.1. The zero-order valence-electron chi connectivity index (χ0n) is 14.8. The number of hydrazone groups is 1. The van der Waals surface area contributed by atoms with Gasteiger partial charge in [-0.05, 0) is 30.3 Å². The summed E-state index contributed by atoms with van der Waals surface area (Å²) in [7, 11) is 1.53. The number of carbonyl (C=O) groups is 1. The molecule has 27 heavy (non-hydrogen) atoms. The quantitative estimate of drug-likeness (QED) is 0.506. The van der Waals surface area contributed by atoms with Gasteiger partial charge in [0, 0.05) is 11.1 Å². The van der Waals surface area contributed by atoms with Crippen LogP contribution in [0, 0.1) is 0 Å². The van der Waals surface area contributed by atoms with Crippen LogP contribution in [0.25, 0.3) is 11.4 Å². The zero-order chi connectivity index (χ0) is 19.2. The lowest BCUT2D eigenvalue weighted by atomic mass is 10.1. The van der Waals surface area contributed by atoms with E-state index in [0.29, 0.717) is 22.8 Å². The highest BCUT2D eigenvalue weighted by molar-refractivity contribution is 6.01. The van der Waals surface area contributed by atoms with Gasteiger partial charge in [-0.3, -0.25) is 4.79 Å². The maximum Gasteiger partial charge on any atom is 0.263 e. The van der Waals surface area contributed by atoms with Gasteiger partial charge in [-0.2, -0.15) is 9.90 Å². The van der Waals surface area contributed by atoms with Crippen LogP contribution < -0.4 is 10.2 Å². The summed E-state index contributed by atoms with van der Waals surface area (Å²) in [6.45, 7) is 1.52. The summed E-state index contributed by atoms with van der Waals surface area (Å²) in [5.41, 5.74) is 4.11. The van der Waals surface area contributed by atoms with E-state index in [2.05, 4.69) is 25.9 Å². The van der Waals surface area contributed by atoms with Crippen molar-refractivity contribution in [2.24, 2.45) is 5.10 Å². The molecule has 1 aromatic heterocycles. The number of ether oxygens (including phenoxy) is 1. The smallest absolute Gasteiger partial charge is 0.263 e. The van der Waals surface area contributed by atoms with Crippen LogP contribution in [-0.4, -0.2) is 44.0 Å². The Balaban J connectivity index is 1.64. The summed E-state index contributed by atoms with van der Waals surface area (Å²) in [5.74, 6) is 0.624. The second-order valence-corrected chi connectivity index (χ2v) is 5.62. The molecule has 0 saturated carbocycles. The molecule has 2 N–H and O–H groups in total. The van der Waals surface area contributed by atoms with Crippen molar-refractivity contribution >= 4 is 11.6 Å². The van der Waals surface area contributed by atoms with Crippen LogP contribution in [-0.2, 0) is 11.3 Å². The molecule has 0 radical (unpaired) electrons. The minimum Gasteiger partial charge on any atom is -0.507 e. The largest absolute Gasteiger partial charge is 0.507 e. The third-order valence-electron chi connectivity index (χ3n) is 3.71. The van der Waals surface area contributed by atoms with Crippen molar-refractivity contribution in [3.8, 4) is 22.9 Å². The van der Waals surface area contributed by atoms with E-state index in [4.69, 9.17) is 4.74 Å². The van der Waals surface area contributed by atoms with E-state index in [9.17, 15) is 9.90 Å². The lowest BCUT2D eigenvalue weighted by Gasteiger charge is -2.07. The standard InChI is InChI=1S/C18H18N6O3/c1-12(15-10-14(27-2)8-9-16(15)25)19-20-17(26)11-24-22-18(21-23-24)13-6-4-3-5-7-13/h3-10,25H,11H2,1-2H3,(H,20,26)/b19-12+. The summed E-state index contributed by atoms with van der Waals surface area (Å²) in [6.07, 6.45) is 0. The number of rotatable bonds is 6. The number of methoxy groups -OCH3 is 1. The van der Waals surface area contributed by atoms with E-state index in [1.54, 1.807) is 19.1 Å². The Labute approximate surface area is 155 Å². The van der Waals surface area contributed by atoms with Gasteiger partial charge < -0.3 is 9.84 Å². The van der Waals surface area contributed by atoms with E-state index in [-0.39, 0.29) is 12.3 Å². The molecule has 0 spiro atoms. The van der Waals surface area contributed by atoms with Crippen LogP contribution in [0.3, 0.4) is 0 Å². The van der Waals surface area contributed by atoms with E-state index in [1.807, 2.05) is 30.3 Å². The third-order valence-corrected chi connectivity index (χ3v) is 3.71. The van der Waals surface area contributed by atoms with E-state index in [0.717, 1.165) is 5.56 Å². The Morgan fingerprint density at radius 2 is 2.04 bits per heavy atom. The van der Waals surface area contributed by atoms with Gasteiger partial charge in [0.2, 0.25) is 5.82 Å². The van der Waals surface area contributed by atoms with Crippen LogP contribution in [0.1, 0.15) is 12.5 Å². The van der Waals surface area contributed by atoms with Crippen LogP contribution in [0.5, 0.6) is 11.5 Å². The van der Waals surface area contributed by atoms with Gasteiger partial charge in [0.1, 0.15) is 18.0 Å². The number of nitrogens with one attached hydrogen (secondary N) is 1. The number of benzene rings is 2. The van der Waals surface area contributed by atoms with Crippen molar-refractivity contribution in [1.82, 2.24) is 25.6 Å². The molecular formula is C18H18N6O3. The van der Waals surface area contributed by atoms with Crippen molar-refractivity contribution in [2.75, 3.05) is 7.11 Å². The fourth-order valence-corrected chi connectivity index (χ4v) is 2.32. The minimum atomic E-state index is -0.422. The van der Waals surface area contributed by atoms with Crippen LogP contribution in [0.4, 0.5) is 0 Å². The fraction of sp³-hybridized carbons (Fsp3) is 0.167. The fourth-order valence-electron chi connectivity index (χ4n) is 2.32. The molecule has 138 valence electrons. The van der Waals surface area contributed by atoms with Crippen molar-refractivity contribution in [1.29, 1.82) is 0 Å². The molecule has 0 unspecified atom stereocenters. The summed E-state index contributed by atoms with van der Waals surface area (Å²) < 4.78 is 5.12. The molecular weight excluding hydrogens is 348 g/mol. The van der Waals surface area contributed by atoms with Crippen molar-refractivity contribution < 1.29 is 14.6 Å². The monoisotopic (exact) mass is 366 g/mol. The van der Waals surface area contributed by atoms with E-state index in [1.165, 1.54) is 18.0 Å². The lowest BCUT2D eigenvalue weighted by Crippen LogP contribution is -2.25. The average molecular weight is 366 g/mol. The average Bonchev–Trinajstić information content (AvgIpc) is 3.15. The molecule has 1 heterocycles. The topological polar surface area (TPSA) is 115 Å². The Hall–Kier alpha value is -3.75. The predicted octanol–water partition coefficient (Wildman–Crippen LogP) is 1.59. The molecule has 0 aliphatic heterocycles. The molecule has 0 atom stereocenters. The van der Waals surface area contributed by atoms with Gasteiger partial charge in [-0.15, -0.1) is 10.2 Å². The van der Waals surface area contributed by atoms with Gasteiger partial charge in [0.05, 0.1) is 12.8 Å². The molecule has 0 aliphatic carbocycles. The molecule has 0 fully saturated rings. The predicted molar refractivity (Wildman–Crippen MR) is 98.3 cm³/mol. The number of phenols is 1. The number of aromatic hydroxyl groups is 1. The van der Waals surface area contributed by atoms with E-state index < -0.39 is 5.91 Å². The first-order valence-corrected chi connectivity index (χ1v) is 8.10. The maximum absolute atomic E-state index is 12.1.